The van der Waals surface area contributed by atoms with Gasteiger partial charge in [0.25, 0.3) is 5.91 Å². The van der Waals surface area contributed by atoms with Gasteiger partial charge >= 0.3 is 0 Å². The fourth-order valence-corrected chi connectivity index (χ4v) is 4.22. The molecule has 1 saturated heterocycles. The minimum Gasteiger partial charge on any atom is -0.356 e. The van der Waals surface area contributed by atoms with Crippen LogP contribution in [0.25, 0.3) is 17.0 Å². The molecule has 1 amide bonds. The normalized spacial score (nSPS) is 18.5. The van der Waals surface area contributed by atoms with Crippen LogP contribution >= 0.6 is 23.4 Å². The number of rotatable bonds is 3. The summed E-state index contributed by atoms with van der Waals surface area (Å²) in [5, 5.41) is 8.11. The molecule has 4 rings (SSSR count). The molecule has 6 heteroatoms. The lowest BCUT2D eigenvalue weighted by molar-refractivity contribution is -0.116. The number of para-hydroxylation sites is 1. The highest BCUT2D eigenvalue weighted by Gasteiger charge is 2.27. The van der Waals surface area contributed by atoms with Crippen LogP contribution in [0.5, 0.6) is 0 Å². The average Bonchev–Trinajstić information content (AvgIpc) is 3.12. The molecule has 0 bridgehead atoms. The van der Waals surface area contributed by atoms with Gasteiger partial charge in [0.1, 0.15) is 0 Å². The molecule has 0 saturated carbocycles. The van der Waals surface area contributed by atoms with Gasteiger partial charge in [-0.05, 0) is 36.8 Å². The molecular formula is C20H18ClN3OS. The summed E-state index contributed by atoms with van der Waals surface area (Å²) in [6.45, 7) is 2.01. The highest BCUT2D eigenvalue weighted by molar-refractivity contribution is 8.05. The Morgan fingerprint density at radius 3 is 2.92 bits per heavy atom. The average molecular weight is 384 g/mol. The maximum atomic E-state index is 12.4. The number of halogens is 1. The molecule has 132 valence electrons. The number of carbonyl (C=O) groups excluding carboxylic acids is 1. The number of benzene rings is 2. The smallest absolute Gasteiger partial charge is 0.260 e. The van der Waals surface area contributed by atoms with Gasteiger partial charge in [-0.15, -0.1) is 0 Å². The molecule has 1 aliphatic rings. The maximum Gasteiger partial charge on any atom is 0.260 e. The minimum atomic E-state index is -0.221. The lowest BCUT2D eigenvalue weighted by Crippen LogP contribution is -2.31. The first-order chi connectivity index (χ1) is 12.5. The third kappa shape index (κ3) is 3.20. The molecule has 1 unspecified atom stereocenters. The first-order valence-corrected chi connectivity index (χ1v) is 9.53. The van der Waals surface area contributed by atoms with Crippen LogP contribution < -0.4 is 10.6 Å². The Morgan fingerprint density at radius 1 is 1.27 bits per heavy atom. The van der Waals surface area contributed by atoms with Crippen molar-refractivity contribution in [1.82, 2.24) is 9.88 Å². The van der Waals surface area contributed by atoms with Crippen LogP contribution in [0.2, 0.25) is 5.02 Å². The van der Waals surface area contributed by atoms with Gasteiger partial charge in [-0.1, -0.05) is 47.6 Å². The van der Waals surface area contributed by atoms with Crippen molar-refractivity contribution in [2.24, 2.45) is 7.05 Å². The number of fused-ring (bicyclic) bond motifs is 1. The molecule has 2 N–H and O–H groups in total. The van der Waals surface area contributed by atoms with Gasteiger partial charge in [0, 0.05) is 40.4 Å². The molecule has 4 nitrogen and oxygen atoms in total. The van der Waals surface area contributed by atoms with Crippen molar-refractivity contribution in [3.05, 3.63) is 69.7 Å². The van der Waals surface area contributed by atoms with Crippen molar-refractivity contribution in [3.8, 4) is 0 Å². The number of anilines is 1. The Labute approximate surface area is 161 Å². The molecular weight excluding hydrogens is 366 g/mol. The summed E-state index contributed by atoms with van der Waals surface area (Å²) in [6.07, 6.45) is 4.00. The second-order valence-corrected chi connectivity index (χ2v) is 7.88. The zero-order valence-electron chi connectivity index (χ0n) is 14.4. The molecule has 2 heterocycles. The first-order valence-electron chi connectivity index (χ1n) is 8.27. The molecule has 1 aliphatic heterocycles. The van der Waals surface area contributed by atoms with Gasteiger partial charge in [-0.2, -0.15) is 0 Å². The van der Waals surface area contributed by atoms with Crippen molar-refractivity contribution in [3.63, 3.8) is 0 Å². The van der Waals surface area contributed by atoms with Gasteiger partial charge in [0.2, 0.25) is 0 Å². The van der Waals surface area contributed by atoms with Gasteiger partial charge in [0.15, 0.2) is 5.50 Å². The Morgan fingerprint density at radius 2 is 2.08 bits per heavy atom. The quantitative estimate of drug-likeness (QED) is 0.642. The summed E-state index contributed by atoms with van der Waals surface area (Å²) in [5.41, 5.74) is 3.96. The van der Waals surface area contributed by atoms with Crippen LogP contribution in [0.1, 0.15) is 11.1 Å². The number of hydrogen-bond donors (Lipinski definition) is 2. The van der Waals surface area contributed by atoms with E-state index in [9.17, 15) is 4.79 Å². The second kappa shape index (κ2) is 6.74. The maximum absolute atomic E-state index is 12.4. The molecule has 26 heavy (non-hydrogen) atoms. The molecule has 1 fully saturated rings. The largest absolute Gasteiger partial charge is 0.356 e. The van der Waals surface area contributed by atoms with Crippen molar-refractivity contribution in [1.29, 1.82) is 0 Å². The molecule has 0 aliphatic carbocycles. The summed E-state index contributed by atoms with van der Waals surface area (Å²) >= 11 is 7.55. The number of nitrogens with zero attached hydrogens (tertiary/aromatic N) is 1. The van der Waals surface area contributed by atoms with Gasteiger partial charge in [0.05, 0.1) is 4.91 Å². The Hall–Kier alpha value is -2.37. The number of aryl methyl sites for hydroxylation is 2. The van der Waals surface area contributed by atoms with Gasteiger partial charge in [-0.3, -0.25) is 4.79 Å². The van der Waals surface area contributed by atoms with E-state index in [1.165, 1.54) is 11.8 Å². The zero-order valence-corrected chi connectivity index (χ0v) is 16.0. The fourth-order valence-electron chi connectivity index (χ4n) is 3.09. The van der Waals surface area contributed by atoms with E-state index in [2.05, 4.69) is 27.3 Å². The number of aromatic nitrogens is 1. The summed E-state index contributed by atoms with van der Waals surface area (Å²) < 4.78 is 2.07. The Bertz CT molecular complexity index is 1040. The molecule has 0 radical (unpaired) electrons. The van der Waals surface area contributed by atoms with E-state index in [4.69, 9.17) is 11.6 Å². The van der Waals surface area contributed by atoms with Crippen LogP contribution in [-0.4, -0.2) is 16.0 Å². The lowest BCUT2D eigenvalue weighted by atomic mass is 10.1. The predicted octanol–water partition coefficient (Wildman–Crippen LogP) is 4.74. The Kier molecular flexibility index (Phi) is 4.42. The van der Waals surface area contributed by atoms with E-state index in [0.29, 0.717) is 9.93 Å². The van der Waals surface area contributed by atoms with Gasteiger partial charge < -0.3 is 15.2 Å². The predicted molar refractivity (Wildman–Crippen MR) is 110 cm³/mol. The summed E-state index contributed by atoms with van der Waals surface area (Å²) in [7, 11) is 2.01. The zero-order chi connectivity index (χ0) is 18.3. The summed E-state index contributed by atoms with van der Waals surface area (Å²) in [5.74, 6) is -0.0693. The summed E-state index contributed by atoms with van der Waals surface area (Å²) in [4.78, 5) is 13.1. The van der Waals surface area contributed by atoms with E-state index < -0.39 is 0 Å². The number of nitrogens with one attached hydrogen (secondary N) is 2. The first kappa shape index (κ1) is 17.1. The third-order valence-corrected chi connectivity index (χ3v) is 5.70. The lowest BCUT2D eigenvalue weighted by Gasteiger charge is -2.15. The molecule has 2 aromatic carbocycles. The number of amides is 1. The molecule has 1 aromatic heterocycles. The number of thioether (sulfide) groups is 1. The van der Waals surface area contributed by atoms with Crippen LogP contribution in [0.4, 0.5) is 5.69 Å². The van der Waals surface area contributed by atoms with Crippen LogP contribution in [0.15, 0.2) is 53.6 Å². The van der Waals surface area contributed by atoms with E-state index in [-0.39, 0.29) is 11.4 Å². The molecule has 1 atom stereocenters. The van der Waals surface area contributed by atoms with Crippen molar-refractivity contribution in [2.45, 2.75) is 12.4 Å². The summed E-state index contributed by atoms with van der Waals surface area (Å²) in [6, 6.07) is 13.9. The topological polar surface area (TPSA) is 46.1 Å². The monoisotopic (exact) mass is 383 g/mol. The molecule has 3 aromatic rings. The fraction of sp³-hybridized carbons (Fsp3) is 0.150. The minimum absolute atomic E-state index is 0.0693. The van der Waals surface area contributed by atoms with Crippen LogP contribution in [-0.2, 0) is 11.8 Å². The van der Waals surface area contributed by atoms with E-state index in [1.807, 2.05) is 56.6 Å². The third-order valence-electron chi connectivity index (χ3n) is 4.43. The second-order valence-electron chi connectivity index (χ2n) is 6.30. The van der Waals surface area contributed by atoms with E-state index in [1.54, 1.807) is 0 Å². The van der Waals surface area contributed by atoms with E-state index in [0.717, 1.165) is 27.7 Å². The van der Waals surface area contributed by atoms with Gasteiger partial charge in [-0.25, -0.2) is 0 Å². The highest BCUT2D eigenvalue weighted by Crippen LogP contribution is 2.33. The number of hydrogen-bond acceptors (Lipinski definition) is 3. The van der Waals surface area contributed by atoms with Crippen molar-refractivity contribution in [2.75, 3.05) is 5.32 Å². The standard InChI is InChI=1S/C20H18ClN3OS/c1-12-7-8-14(21)10-16(12)22-20-23-19(25)18(26-20)9-13-11-24(2)17-6-4-3-5-15(13)17/h3-11,20,22H,1-2H3,(H,23,25)/b18-9-. The van der Waals surface area contributed by atoms with E-state index >= 15 is 0 Å². The molecule has 0 spiro atoms. The van der Waals surface area contributed by atoms with Crippen molar-refractivity contribution < 1.29 is 4.79 Å². The Balaban J connectivity index is 1.59. The highest BCUT2D eigenvalue weighted by atomic mass is 35.5. The number of carbonyl (C=O) groups is 1. The van der Waals surface area contributed by atoms with Crippen LogP contribution in [0.3, 0.4) is 0 Å². The van der Waals surface area contributed by atoms with Crippen molar-refractivity contribution >= 4 is 51.9 Å². The van der Waals surface area contributed by atoms with Crippen LogP contribution in [0, 0.1) is 6.92 Å². The SMILES string of the molecule is Cc1ccc(Cl)cc1NC1NC(=O)/C(=C/c2cn(C)c3ccccc23)S1.